The largest absolute Gasteiger partial charge is 0.437 e. The second-order valence-corrected chi connectivity index (χ2v) is 4.10. The first kappa shape index (κ1) is 12.2. The van der Waals surface area contributed by atoms with Crippen molar-refractivity contribution in [1.29, 1.82) is 0 Å². The first-order chi connectivity index (χ1) is 5.72. The van der Waals surface area contributed by atoms with Gasteiger partial charge in [0, 0.05) is 5.54 Å². The van der Waals surface area contributed by atoms with Gasteiger partial charge in [-0.05, 0) is 39.3 Å². The maximum absolute atomic E-state index is 11.0. The lowest BCUT2D eigenvalue weighted by Gasteiger charge is -2.20. The number of hydrogen-bond donors (Lipinski definition) is 1. The summed E-state index contributed by atoms with van der Waals surface area (Å²) < 4.78 is 4.66. The van der Waals surface area contributed by atoms with Crippen LogP contribution in [0, 0.1) is 0 Å². The van der Waals surface area contributed by atoms with E-state index in [4.69, 9.17) is 11.6 Å². The standard InChI is InChI=1S/C8H14ClNO3/c1-5(6(9)11)13-7(12)10-8(2,3)4/h5H,1-4H3,(H,10,12)/t5-/m1/s1. The van der Waals surface area contributed by atoms with Crippen molar-refractivity contribution in [3.05, 3.63) is 0 Å². The molecule has 0 aliphatic rings. The Balaban J connectivity index is 3.96. The van der Waals surface area contributed by atoms with Gasteiger partial charge in [0.15, 0.2) is 6.10 Å². The van der Waals surface area contributed by atoms with Gasteiger partial charge < -0.3 is 10.1 Å². The summed E-state index contributed by atoms with van der Waals surface area (Å²) in [7, 11) is 0. The van der Waals surface area contributed by atoms with E-state index in [2.05, 4.69) is 10.1 Å². The van der Waals surface area contributed by atoms with Crippen molar-refractivity contribution in [2.24, 2.45) is 0 Å². The topological polar surface area (TPSA) is 55.4 Å². The molecule has 0 radical (unpaired) electrons. The summed E-state index contributed by atoms with van der Waals surface area (Å²) in [5, 5.41) is 1.84. The third kappa shape index (κ3) is 6.40. The molecule has 0 saturated carbocycles. The van der Waals surface area contributed by atoms with E-state index >= 15 is 0 Å². The lowest BCUT2D eigenvalue weighted by molar-refractivity contribution is -0.118. The zero-order valence-electron chi connectivity index (χ0n) is 8.18. The van der Waals surface area contributed by atoms with Crippen LogP contribution in [0.5, 0.6) is 0 Å². The molecule has 0 aromatic heterocycles. The molecule has 4 nitrogen and oxygen atoms in total. The van der Waals surface area contributed by atoms with Crippen LogP contribution in [0.1, 0.15) is 27.7 Å². The van der Waals surface area contributed by atoms with Gasteiger partial charge in [-0.15, -0.1) is 0 Å². The highest BCUT2D eigenvalue weighted by Crippen LogP contribution is 2.02. The van der Waals surface area contributed by atoms with E-state index in [1.165, 1.54) is 6.92 Å². The normalized spacial score (nSPS) is 13.3. The van der Waals surface area contributed by atoms with Gasteiger partial charge in [-0.2, -0.15) is 0 Å². The number of carbonyl (C=O) groups excluding carboxylic acids is 2. The van der Waals surface area contributed by atoms with Crippen LogP contribution in [0.4, 0.5) is 4.79 Å². The van der Waals surface area contributed by atoms with Gasteiger partial charge in [-0.1, -0.05) is 0 Å². The van der Waals surface area contributed by atoms with E-state index in [1.807, 2.05) is 0 Å². The van der Waals surface area contributed by atoms with Crippen molar-refractivity contribution in [3.63, 3.8) is 0 Å². The third-order valence-electron chi connectivity index (χ3n) is 1.08. The Morgan fingerprint density at radius 3 is 2.15 bits per heavy atom. The average Bonchev–Trinajstić information content (AvgIpc) is 1.81. The minimum atomic E-state index is -0.913. The minimum absolute atomic E-state index is 0.383. The summed E-state index contributed by atoms with van der Waals surface area (Å²) in [5.74, 6) is 0. The monoisotopic (exact) mass is 207 g/mol. The van der Waals surface area contributed by atoms with Crippen LogP contribution >= 0.6 is 11.6 Å². The second kappa shape index (κ2) is 4.46. The zero-order chi connectivity index (χ0) is 10.6. The third-order valence-corrected chi connectivity index (χ3v) is 1.39. The maximum atomic E-state index is 11.0. The van der Waals surface area contributed by atoms with Gasteiger partial charge in [0.2, 0.25) is 0 Å². The molecule has 13 heavy (non-hydrogen) atoms. The zero-order valence-corrected chi connectivity index (χ0v) is 8.94. The molecule has 0 fully saturated rings. The van der Waals surface area contributed by atoms with Gasteiger partial charge in [0.25, 0.3) is 5.24 Å². The van der Waals surface area contributed by atoms with Crippen molar-refractivity contribution in [2.45, 2.75) is 39.3 Å². The van der Waals surface area contributed by atoms with Gasteiger partial charge in [-0.25, -0.2) is 4.79 Å². The number of nitrogens with one attached hydrogen (secondary N) is 1. The number of halogens is 1. The van der Waals surface area contributed by atoms with Gasteiger partial charge in [0.1, 0.15) is 0 Å². The number of amides is 1. The lowest BCUT2D eigenvalue weighted by atomic mass is 10.1. The average molecular weight is 208 g/mol. The lowest BCUT2D eigenvalue weighted by Crippen LogP contribution is -2.42. The fourth-order valence-corrected chi connectivity index (χ4v) is 0.587. The van der Waals surface area contributed by atoms with E-state index < -0.39 is 17.4 Å². The Morgan fingerprint density at radius 1 is 1.38 bits per heavy atom. The molecule has 0 heterocycles. The van der Waals surface area contributed by atoms with Crippen molar-refractivity contribution >= 4 is 22.9 Å². The van der Waals surface area contributed by atoms with E-state index in [-0.39, 0.29) is 5.54 Å². The Labute approximate surface area is 82.6 Å². The fraction of sp³-hybridized carbons (Fsp3) is 0.750. The molecule has 0 unspecified atom stereocenters. The molecule has 0 spiro atoms. The number of hydrogen-bond acceptors (Lipinski definition) is 3. The molecule has 1 atom stereocenters. The summed E-state index contributed by atoms with van der Waals surface area (Å²) in [6.45, 7) is 6.84. The highest BCUT2D eigenvalue weighted by Gasteiger charge is 2.19. The van der Waals surface area contributed by atoms with Crippen LogP contribution in [-0.2, 0) is 9.53 Å². The summed E-state index contributed by atoms with van der Waals surface area (Å²) in [4.78, 5) is 21.5. The smallest absolute Gasteiger partial charge is 0.408 e. The van der Waals surface area contributed by atoms with Gasteiger partial charge in [0.05, 0.1) is 0 Å². The van der Waals surface area contributed by atoms with Crippen molar-refractivity contribution in [1.82, 2.24) is 5.32 Å². The van der Waals surface area contributed by atoms with Crippen LogP contribution in [0.15, 0.2) is 0 Å². The SMILES string of the molecule is C[C@@H](OC(=O)NC(C)(C)C)C(=O)Cl. The summed E-state index contributed by atoms with van der Waals surface area (Å²) in [6, 6.07) is 0. The first-order valence-corrected chi connectivity index (χ1v) is 4.28. The van der Waals surface area contributed by atoms with Crippen molar-refractivity contribution in [2.75, 3.05) is 0 Å². The predicted octanol–water partition coefficient (Wildman–Crippen LogP) is 1.67. The number of carbonyl (C=O) groups is 2. The van der Waals surface area contributed by atoms with Crippen LogP contribution in [0.3, 0.4) is 0 Å². The van der Waals surface area contributed by atoms with E-state index in [0.717, 1.165) is 0 Å². The Kier molecular flexibility index (Phi) is 4.20. The Hall–Kier alpha value is -0.770. The summed E-state index contributed by atoms with van der Waals surface area (Å²) in [6.07, 6.45) is -1.56. The molecule has 0 aromatic rings. The van der Waals surface area contributed by atoms with Crippen LogP contribution < -0.4 is 5.32 Å². The van der Waals surface area contributed by atoms with Gasteiger partial charge >= 0.3 is 6.09 Å². The molecule has 0 bridgehead atoms. The minimum Gasteiger partial charge on any atom is -0.437 e. The number of alkyl carbamates (subject to hydrolysis) is 1. The van der Waals surface area contributed by atoms with E-state index in [1.54, 1.807) is 20.8 Å². The van der Waals surface area contributed by atoms with E-state index in [0.29, 0.717) is 0 Å². The molecule has 76 valence electrons. The first-order valence-electron chi connectivity index (χ1n) is 3.90. The highest BCUT2D eigenvalue weighted by molar-refractivity contribution is 6.64. The molecule has 0 saturated heterocycles. The Bertz CT molecular complexity index is 210. The summed E-state index contributed by atoms with van der Waals surface area (Å²) in [5.41, 5.74) is -0.383. The maximum Gasteiger partial charge on any atom is 0.408 e. The van der Waals surface area contributed by atoms with Crippen molar-refractivity contribution < 1.29 is 14.3 Å². The molecule has 1 amide bonds. The van der Waals surface area contributed by atoms with Crippen LogP contribution in [0.2, 0.25) is 0 Å². The molecule has 0 rings (SSSR count). The molecule has 1 N–H and O–H groups in total. The number of rotatable bonds is 2. The Morgan fingerprint density at radius 2 is 1.85 bits per heavy atom. The molecular weight excluding hydrogens is 194 g/mol. The highest BCUT2D eigenvalue weighted by atomic mass is 35.5. The summed E-state index contributed by atoms with van der Waals surface area (Å²) >= 11 is 5.10. The van der Waals surface area contributed by atoms with Gasteiger partial charge in [-0.3, -0.25) is 4.79 Å². The second-order valence-electron chi connectivity index (χ2n) is 3.73. The fourth-order valence-electron chi connectivity index (χ4n) is 0.543. The van der Waals surface area contributed by atoms with Crippen molar-refractivity contribution in [3.8, 4) is 0 Å². The molecule has 5 heteroatoms. The van der Waals surface area contributed by atoms with E-state index in [9.17, 15) is 9.59 Å². The molecule has 0 aromatic carbocycles. The molecular formula is C8H14ClNO3. The number of ether oxygens (including phenoxy) is 1. The molecule has 0 aliphatic heterocycles. The van der Waals surface area contributed by atoms with Crippen LogP contribution in [0.25, 0.3) is 0 Å². The quantitative estimate of drug-likeness (QED) is 0.701. The molecule has 0 aliphatic carbocycles. The predicted molar refractivity (Wildman–Crippen MR) is 49.7 cm³/mol. The van der Waals surface area contributed by atoms with Crippen LogP contribution in [-0.4, -0.2) is 23.0 Å².